The molecule has 1 saturated heterocycles. The van der Waals surface area contributed by atoms with Crippen molar-refractivity contribution < 1.29 is 14.3 Å². The van der Waals surface area contributed by atoms with E-state index < -0.39 is 11.8 Å². The fourth-order valence-electron chi connectivity index (χ4n) is 1.65. The van der Waals surface area contributed by atoms with Crippen molar-refractivity contribution in [2.45, 2.75) is 51.5 Å². The number of hydrogen-bond acceptors (Lipinski definition) is 4. The Hall–Kier alpha value is -0.650. The minimum atomic E-state index is -0.541. The van der Waals surface area contributed by atoms with Crippen LogP contribution in [0.1, 0.15) is 33.6 Å². The average Bonchev–Trinajstić information content (AvgIpc) is 2.55. The minimum Gasteiger partial charge on any atom is -0.352 e. The molecule has 0 aromatic carbocycles. The number of carbonyl (C=O) groups excluding carboxylic acids is 1. The number of amides is 1. The Morgan fingerprint density at radius 3 is 2.81 bits per heavy atom. The van der Waals surface area contributed by atoms with Gasteiger partial charge in [0.25, 0.3) is 0 Å². The lowest BCUT2D eigenvalue weighted by atomic mass is 10.1. The van der Waals surface area contributed by atoms with Crippen LogP contribution < -0.4 is 11.1 Å². The van der Waals surface area contributed by atoms with E-state index in [1.54, 1.807) is 0 Å². The van der Waals surface area contributed by atoms with Crippen molar-refractivity contribution in [3.63, 3.8) is 0 Å². The minimum absolute atomic E-state index is 0.0761. The number of nitrogens with one attached hydrogen (secondary N) is 1. The van der Waals surface area contributed by atoms with Crippen LogP contribution in [0.2, 0.25) is 0 Å². The maximum Gasteiger partial charge on any atom is 0.237 e. The van der Waals surface area contributed by atoms with Crippen LogP contribution in [0.25, 0.3) is 0 Å². The van der Waals surface area contributed by atoms with Crippen molar-refractivity contribution in [2.24, 2.45) is 5.73 Å². The van der Waals surface area contributed by atoms with Gasteiger partial charge in [0.15, 0.2) is 5.79 Å². The molecule has 0 spiro atoms. The highest BCUT2D eigenvalue weighted by Crippen LogP contribution is 2.21. The van der Waals surface area contributed by atoms with Crippen molar-refractivity contribution in [3.8, 4) is 0 Å². The fourth-order valence-corrected chi connectivity index (χ4v) is 1.65. The van der Waals surface area contributed by atoms with Crippen LogP contribution in [0.5, 0.6) is 0 Å². The molecule has 0 saturated carbocycles. The molecule has 2 unspecified atom stereocenters. The number of nitrogens with two attached hydrogens (primary N) is 1. The number of rotatable bonds is 5. The molecule has 1 heterocycles. The first-order valence-electron chi connectivity index (χ1n) is 5.79. The van der Waals surface area contributed by atoms with Gasteiger partial charge in [-0.05, 0) is 20.3 Å². The maximum absolute atomic E-state index is 11.5. The number of hydrogen-bond donors (Lipinski definition) is 2. The van der Waals surface area contributed by atoms with Crippen molar-refractivity contribution >= 4 is 5.91 Å². The van der Waals surface area contributed by atoms with E-state index in [1.807, 2.05) is 20.8 Å². The summed E-state index contributed by atoms with van der Waals surface area (Å²) in [5, 5.41) is 2.78. The molecule has 2 atom stereocenters. The van der Waals surface area contributed by atoms with Gasteiger partial charge in [-0.15, -0.1) is 0 Å². The van der Waals surface area contributed by atoms with E-state index in [-0.39, 0.29) is 12.0 Å². The van der Waals surface area contributed by atoms with Crippen molar-refractivity contribution in [1.82, 2.24) is 5.32 Å². The molecule has 16 heavy (non-hydrogen) atoms. The monoisotopic (exact) mass is 230 g/mol. The Kier molecular flexibility index (Phi) is 4.70. The van der Waals surface area contributed by atoms with Gasteiger partial charge in [0.1, 0.15) is 6.10 Å². The summed E-state index contributed by atoms with van der Waals surface area (Å²) in [5.74, 6) is -0.656. The van der Waals surface area contributed by atoms with Crippen LogP contribution >= 0.6 is 0 Å². The van der Waals surface area contributed by atoms with Crippen LogP contribution in [0.4, 0.5) is 0 Å². The summed E-state index contributed by atoms with van der Waals surface area (Å²) in [6.45, 7) is 6.69. The molecule has 0 aliphatic carbocycles. The van der Waals surface area contributed by atoms with Gasteiger partial charge in [0, 0.05) is 6.54 Å². The van der Waals surface area contributed by atoms with Crippen LogP contribution in [-0.2, 0) is 14.3 Å². The predicted octanol–water partition coefficient (Wildman–Crippen LogP) is 0.382. The van der Waals surface area contributed by atoms with E-state index in [9.17, 15) is 4.79 Å². The molecule has 1 amide bonds. The zero-order valence-electron chi connectivity index (χ0n) is 10.3. The van der Waals surface area contributed by atoms with Gasteiger partial charge in [-0.3, -0.25) is 4.79 Å². The molecule has 0 bridgehead atoms. The molecular formula is C11H22N2O3. The van der Waals surface area contributed by atoms with E-state index in [4.69, 9.17) is 15.2 Å². The number of carbonyl (C=O) groups is 1. The molecule has 0 aromatic heterocycles. The van der Waals surface area contributed by atoms with Crippen molar-refractivity contribution in [3.05, 3.63) is 0 Å². The second kappa shape index (κ2) is 5.61. The molecule has 1 fully saturated rings. The molecule has 3 N–H and O–H groups in total. The maximum atomic E-state index is 11.5. The first kappa shape index (κ1) is 13.4. The predicted molar refractivity (Wildman–Crippen MR) is 60.8 cm³/mol. The highest BCUT2D eigenvalue weighted by atomic mass is 16.7. The molecule has 5 heteroatoms. The zero-order valence-corrected chi connectivity index (χ0v) is 10.3. The molecule has 94 valence electrons. The summed E-state index contributed by atoms with van der Waals surface area (Å²) in [6, 6.07) is -0.416. The van der Waals surface area contributed by atoms with Gasteiger partial charge in [-0.25, -0.2) is 0 Å². The smallest absolute Gasteiger partial charge is 0.237 e. The van der Waals surface area contributed by atoms with E-state index in [0.717, 1.165) is 6.42 Å². The molecule has 1 rings (SSSR count). The van der Waals surface area contributed by atoms with Crippen molar-refractivity contribution in [2.75, 3.05) is 13.2 Å². The molecule has 0 aromatic rings. The second-order valence-corrected chi connectivity index (χ2v) is 4.59. The lowest BCUT2D eigenvalue weighted by Gasteiger charge is -2.18. The molecule has 1 aliphatic rings. The topological polar surface area (TPSA) is 73.6 Å². The molecule has 5 nitrogen and oxygen atoms in total. The molecular weight excluding hydrogens is 208 g/mol. The summed E-state index contributed by atoms with van der Waals surface area (Å²) in [7, 11) is 0. The Morgan fingerprint density at radius 1 is 1.62 bits per heavy atom. The summed E-state index contributed by atoms with van der Waals surface area (Å²) in [5.41, 5.74) is 5.68. The largest absolute Gasteiger partial charge is 0.352 e. The lowest BCUT2D eigenvalue weighted by molar-refractivity contribution is -0.139. The first-order chi connectivity index (χ1) is 7.44. The molecule has 0 radical (unpaired) electrons. The van der Waals surface area contributed by atoms with Gasteiger partial charge >= 0.3 is 0 Å². The SMILES string of the molecule is CCCC(N)C(=O)NCC1COC(C)(C)O1. The first-order valence-corrected chi connectivity index (χ1v) is 5.79. The van der Waals surface area contributed by atoms with Gasteiger partial charge in [0.05, 0.1) is 12.6 Å². The number of ether oxygens (including phenoxy) is 2. The van der Waals surface area contributed by atoms with Crippen molar-refractivity contribution in [1.29, 1.82) is 0 Å². The third kappa shape index (κ3) is 4.08. The van der Waals surface area contributed by atoms with Crippen LogP contribution in [0, 0.1) is 0 Å². The van der Waals surface area contributed by atoms with Gasteiger partial charge < -0.3 is 20.5 Å². The van der Waals surface area contributed by atoms with Crippen LogP contribution in [0.15, 0.2) is 0 Å². The van der Waals surface area contributed by atoms with E-state index >= 15 is 0 Å². The third-order valence-corrected chi connectivity index (χ3v) is 2.51. The standard InChI is InChI=1S/C11H22N2O3/c1-4-5-9(12)10(14)13-6-8-7-15-11(2,3)16-8/h8-9H,4-7,12H2,1-3H3,(H,13,14). The highest BCUT2D eigenvalue weighted by molar-refractivity contribution is 5.81. The third-order valence-electron chi connectivity index (χ3n) is 2.51. The summed E-state index contributed by atoms with van der Waals surface area (Å²) < 4.78 is 10.9. The fraction of sp³-hybridized carbons (Fsp3) is 0.909. The highest BCUT2D eigenvalue weighted by Gasteiger charge is 2.32. The normalized spacial score (nSPS) is 25.4. The van der Waals surface area contributed by atoms with Gasteiger partial charge in [-0.2, -0.15) is 0 Å². The summed E-state index contributed by atoms with van der Waals surface area (Å²) >= 11 is 0. The van der Waals surface area contributed by atoms with Crippen LogP contribution in [-0.4, -0.2) is 37.0 Å². The Morgan fingerprint density at radius 2 is 2.31 bits per heavy atom. The average molecular weight is 230 g/mol. The lowest BCUT2D eigenvalue weighted by Crippen LogP contribution is -2.44. The zero-order chi connectivity index (χ0) is 12.2. The summed E-state index contributed by atoms with van der Waals surface area (Å²) in [6.07, 6.45) is 1.54. The van der Waals surface area contributed by atoms with E-state index in [0.29, 0.717) is 19.6 Å². The Bertz CT molecular complexity index is 243. The van der Waals surface area contributed by atoms with E-state index in [1.165, 1.54) is 0 Å². The van der Waals surface area contributed by atoms with Crippen LogP contribution in [0.3, 0.4) is 0 Å². The second-order valence-electron chi connectivity index (χ2n) is 4.59. The van der Waals surface area contributed by atoms with E-state index in [2.05, 4.69) is 5.32 Å². The van der Waals surface area contributed by atoms with Gasteiger partial charge in [-0.1, -0.05) is 13.3 Å². The quantitative estimate of drug-likeness (QED) is 0.716. The molecule has 1 aliphatic heterocycles. The van der Waals surface area contributed by atoms with Gasteiger partial charge in [0.2, 0.25) is 5.91 Å². The Balaban J connectivity index is 2.22. The Labute approximate surface area is 96.7 Å². The summed E-state index contributed by atoms with van der Waals surface area (Å²) in [4.78, 5) is 11.5.